The van der Waals surface area contributed by atoms with Gasteiger partial charge in [-0.25, -0.2) is 4.98 Å². The lowest BCUT2D eigenvalue weighted by Gasteiger charge is -2.06. The number of aryl methyl sites for hydroxylation is 3. The Balaban J connectivity index is 2.11. The molecule has 94 valence electrons. The van der Waals surface area contributed by atoms with E-state index in [0.717, 1.165) is 22.9 Å². The lowest BCUT2D eigenvalue weighted by atomic mass is 10.0. The van der Waals surface area contributed by atoms with Gasteiger partial charge in [0.1, 0.15) is 17.3 Å². The molecule has 1 aromatic heterocycles. The molecule has 1 aromatic carbocycles. The molecule has 3 nitrogen and oxygen atoms in total. The molecule has 0 saturated heterocycles. The Morgan fingerprint density at radius 2 is 1.89 bits per heavy atom. The molecule has 0 aliphatic heterocycles. The van der Waals surface area contributed by atoms with Crippen LogP contribution in [0.5, 0.6) is 0 Å². The minimum atomic E-state index is 0.581. The molecule has 0 unspecified atom stereocenters. The maximum Gasteiger partial charge on any atom is 0.131 e. The van der Waals surface area contributed by atoms with Crippen LogP contribution in [0.15, 0.2) is 18.2 Å². The van der Waals surface area contributed by atoms with E-state index in [9.17, 15) is 0 Å². The molecule has 0 atom stereocenters. The lowest BCUT2D eigenvalue weighted by Crippen LogP contribution is -2.02. The first-order valence-electron chi connectivity index (χ1n) is 6.50. The first-order valence-corrected chi connectivity index (χ1v) is 6.50. The SMILES string of the molecule is Cc1ccc(-c2nc(C)n(C3CC3)c2N)cc1C. The van der Waals surface area contributed by atoms with Crippen molar-refractivity contribution in [3.05, 3.63) is 35.2 Å². The van der Waals surface area contributed by atoms with Gasteiger partial charge in [0.15, 0.2) is 0 Å². The van der Waals surface area contributed by atoms with Gasteiger partial charge in [0.05, 0.1) is 0 Å². The van der Waals surface area contributed by atoms with Crippen molar-refractivity contribution in [3.8, 4) is 11.3 Å². The number of aromatic nitrogens is 2. The van der Waals surface area contributed by atoms with Gasteiger partial charge >= 0.3 is 0 Å². The van der Waals surface area contributed by atoms with E-state index in [0.29, 0.717) is 6.04 Å². The van der Waals surface area contributed by atoms with E-state index in [2.05, 4.69) is 41.6 Å². The Kier molecular flexibility index (Phi) is 2.44. The van der Waals surface area contributed by atoms with Crippen molar-refractivity contribution in [1.29, 1.82) is 0 Å². The molecular weight excluding hydrogens is 222 g/mol. The minimum Gasteiger partial charge on any atom is -0.383 e. The van der Waals surface area contributed by atoms with Gasteiger partial charge in [-0.3, -0.25) is 0 Å². The Morgan fingerprint density at radius 1 is 1.17 bits per heavy atom. The van der Waals surface area contributed by atoms with Crippen LogP contribution in [0.4, 0.5) is 5.82 Å². The fourth-order valence-electron chi connectivity index (χ4n) is 2.46. The zero-order valence-corrected chi connectivity index (χ0v) is 11.2. The number of imidazole rings is 1. The fourth-order valence-corrected chi connectivity index (χ4v) is 2.46. The molecule has 1 aliphatic rings. The van der Waals surface area contributed by atoms with Crippen LogP contribution < -0.4 is 5.73 Å². The van der Waals surface area contributed by atoms with E-state index in [-0.39, 0.29) is 0 Å². The number of nitrogens with zero attached hydrogens (tertiary/aromatic N) is 2. The highest BCUT2D eigenvalue weighted by Gasteiger charge is 2.28. The van der Waals surface area contributed by atoms with Gasteiger partial charge < -0.3 is 10.3 Å². The average Bonchev–Trinajstić information content (AvgIpc) is 3.10. The van der Waals surface area contributed by atoms with Gasteiger partial charge in [-0.15, -0.1) is 0 Å². The molecule has 3 rings (SSSR count). The number of nitrogens with two attached hydrogens (primary N) is 1. The highest BCUT2D eigenvalue weighted by atomic mass is 15.2. The summed E-state index contributed by atoms with van der Waals surface area (Å²) in [6, 6.07) is 7.00. The molecule has 1 saturated carbocycles. The van der Waals surface area contributed by atoms with Gasteiger partial charge in [0, 0.05) is 11.6 Å². The summed E-state index contributed by atoms with van der Waals surface area (Å²) in [6.45, 7) is 6.29. The second-order valence-corrected chi connectivity index (χ2v) is 5.29. The molecule has 1 aliphatic carbocycles. The number of hydrogen-bond donors (Lipinski definition) is 1. The monoisotopic (exact) mass is 241 g/mol. The third-order valence-electron chi connectivity index (χ3n) is 3.82. The Hall–Kier alpha value is -1.77. The van der Waals surface area contributed by atoms with Crippen molar-refractivity contribution in [2.45, 2.75) is 39.7 Å². The zero-order valence-electron chi connectivity index (χ0n) is 11.2. The van der Waals surface area contributed by atoms with Crippen molar-refractivity contribution in [2.75, 3.05) is 5.73 Å². The Labute approximate surface area is 108 Å². The number of nitrogen functional groups attached to an aromatic ring is 1. The summed E-state index contributed by atoms with van der Waals surface area (Å²) >= 11 is 0. The molecule has 18 heavy (non-hydrogen) atoms. The number of anilines is 1. The van der Waals surface area contributed by atoms with E-state index in [1.807, 2.05) is 6.92 Å². The van der Waals surface area contributed by atoms with Crippen LogP contribution in [-0.2, 0) is 0 Å². The largest absolute Gasteiger partial charge is 0.383 e. The molecule has 0 amide bonds. The molecule has 2 aromatic rings. The summed E-state index contributed by atoms with van der Waals surface area (Å²) in [5.41, 5.74) is 10.9. The van der Waals surface area contributed by atoms with Crippen molar-refractivity contribution < 1.29 is 0 Å². The standard InChI is InChI=1S/C15H19N3/c1-9-4-5-12(8-10(9)2)14-15(16)18(11(3)17-14)13-6-7-13/h4-5,8,13H,6-7,16H2,1-3H3. The summed E-state index contributed by atoms with van der Waals surface area (Å²) < 4.78 is 2.19. The van der Waals surface area contributed by atoms with E-state index in [4.69, 9.17) is 5.73 Å². The maximum atomic E-state index is 6.27. The number of hydrogen-bond acceptors (Lipinski definition) is 2. The summed E-state index contributed by atoms with van der Waals surface area (Å²) in [5, 5.41) is 0. The van der Waals surface area contributed by atoms with Crippen LogP contribution >= 0.6 is 0 Å². The zero-order chi connectivity index (χ0) is 12.9. The molecule has 0 spiro atoms. The number of benzene rings is 1. The first-order chi connectivity index (χ1) is 8.58. The lowest BCUT2D eigenvalue weighted by molar-refractivity contribution is 0.720. The van der Waals surface area contributed by atoms with Gasteiger partial charge in [0.25, 0.3) is 0 Å². The topological polar surface area (TPSA) is 43.8 Å². The maximum absolute atomic E-state index is 6.27. The average molecular weight is 241 g/mol. The molecule has 2 N–H and O–H groups in total. The third kappa shape index (κ3) is 1.70. The van der Waals surface area contributed by atoms with Crippen LogP contribution in [0.2, 0.25) is 0 Å². The van der Waals surface area contributed by atoms with Crippen LogP contribution in [-0.4, -0.2) is 9.55 Å². The van der Waals surface area contributed by atoms with E-state index in [1.165, 1.54) is 24.0 Å². The van der Waals surface area contributed by atoms with Crippen LogP contribution in [0.1, 0.15) is 35.8 Å². The molecule has 1 fully saturated rings. The molecular formula is C15H19N3. The van der Waals surface area contributed by atoms with Gasteiger partial charge in [0.2, 0.25) is 0 Å². The second kappa shape index (κ2) is 3.87. The van der Waals surface area contributed by atoms with Crippen molar-refractivity contribution in [2.24, 2.45) is 0 Å². The fraction of sp³-hybridized carbons (Fsp3) is 0.400. The summed E-state index contributed by atoms with van der Waals surface area (Å²) in [4.78, 5) is 4.65. The predicted molar refractivity (Wildman–Crippen MR) is 74.6 cm³/mol. The third-order valence-corrected chi connectivity index (χ3v) is 3.82. The second-order valence-electron chi connectivity index (χ2n) is 5.29. The van der Waals surface area contributed by atoms with Gasteiger partial charge in [-0.05, 0) is 50.8 Å². The predicted octanol–water partition coefficient (Wildman–Crippen LogP) is 3.39. The summed E-state index contributed by atoms with van der Waals surface area (Å²) in [6.07, 6.45) is 2.46. The van der Waals surface area contributed by atoms with Gasteiger partial charge in [-0.2, -0.15) is 0 Å². The minimum absolute atomic E-state index is 0.581. The highest BCUT2D eigenvalue weighted by molar-refractivity contribution is 5.72. The number of rotatable bonds is 2. The quantitative estimate of drug-likeness (QED) is 0.875. The molecule has 3 heteroatoms. The summed E-state index contributed by atoms with van der Waals surface area (Å²) in [5.74, 6) is 1.85. The first kappa shape index (κ1) is 11.3. The van der Waals surface area contributed by atoms with E-state index < -0.39 is 0 Å². The molecule has 0 radical (unpaired) electrons. The normalized spacial score (nSPS) is 15.1. The highest BCUT2D eigenvalue weighted by Crippen LogP contribution is 2.40. The van der Waals surface area contributed by atoms with Crippen LogP contribution in [0, 0.1) is 20.8 Å². The van der Waals surface area contributed by atoms with Gasteiger partial charge in [-0.1, -0.05) is 12.1 Å². The van der Waals surface area contributed by atoms with Crippen molar-refractivity contribution >= 4 is 5.82 Å². The smallest absolute Gasteiger partial charge is 0.131 e. The van der Waals surface area contributed by atoms with Crippen LogP contribution in [0.3, 0.4) is 0 Å². The molecule has 1 heterocycles. The van der Waals surface area contributed by atoms with E-state index >= 15 is 0 Å². The summed E-state index contributed by atoms with van der Waals surface area (Å²) in [7, 11) is 0. The van der Waals surface area contributed by atoms with E-state index in [1.54, 1.807) is 0 Å². The van der Waals surface area contributed by atoms with Crippen molar-refractivity contribution in [3.63, 3.8) is 0 Å². The van der Waals surface area contributed by atoms with Crippen LogP contribution in [0.25, 0.3) is 11.3 Å². The Bertz CT molecular complexity index is 606. The van der Waals surface area contributed by atoms with Crippen molar-refractivity contribution in [1.82, 2.24) is 9.55 Å². The molecule has 0 bridgehead atoms. The Morgan fingerprint density at radius 3 is 2.50 bits per heavy atom.